The molecule has 0 atom stereocenters. The quantitative estimate of drug-likeness (QED) is 0.817. The second-order valence-corrected chi connectivity index (χ2v) is 4.93. The van der Waals surface area contributed by atoms with Gasteiger partial charge in [0.15, 0.2) is 0 Å². The number of ether oxygens (including phenoxy) is 2. The van der Waals surface area contributed by atoms with Crippen LogP contribution >= 0.6 is 0 Å². The molecule has 0 aliphatic carbocycles. The maximum atomic E-state index is 11.5. The zero-order valence-electron chi connectivity index (χ0n) is 11.6. The zero-order chi connectivity index (χ0) is 13.8. The number of hydrogen-bond donors (Lipinski definition) is 1. The van der Waals surface area contributed by atoms with E-state index in [1.165, 1.54) is 7.11 Å². The fraction of sp³-hybridized carbons (Fsp3) is 0.500. The monoisotopic (exact) mass is 251 g/mol. The number of esters is 1. The molecule has 0 aromatic heterocycles. The van der Waals surface area contributed by atoms with E-state index in [2.05, 4.69) is 5.32 Å². The van der Waals surface area contributed by atoms with E-state index in [9.17, 15) is 4.79 Å². The lowest BCUT2D eigenvalue weighted by Gasteiger charge is -2.24. The van der Waals surface area contributed by atoms with Gasteiger partial charge in [-0.1, -0.05) is 0 Å². The first-order valence-electron chi connectivity index (χ1n) is 5.98. The van der Waals surface area contributed by atoms with E-state index in [4.69, 9.17) is 9.47 Å². The Morgan fingerprint density at radius 3 is 2.22 bits per heavy atom. The van der Waals surface area contributed by atoms with Crippen LogP contribution in [0.15, 0.2) is 24.3 Å². The maximum Gasteiger partial charge on any atom is 0.330 e. The van der Waals surface area contributed by atoms with Crippen molar-refractivity contribution in [1.82, 2.24) is 0 Å². The number of nitrogens with one attached hydrogen (secondary N) is 1. The minimum Gasteiger partial charge on any atom is -0.491 e. The molecule has 0 unspecified atom stereocenters. The van der Waals surface area contributed by atoms with Crippen molar-refractivity contribution in [3.63, 3.8) is 0 Å². The van der Waals surface area contributed by atoms with Gasteiger partial charge in [-0.15, -0.1) is 0 Å². The molecule has 0 aliphatic heterocycles. The highest BCUT2D eigenvalue weighted by Gasteiger charge is 2.28. The molecule has 1 rings (SSSR count). The Morgan fingerprint density at radius 1 is 1.22 bits per heavy atom. The van der Waals surface area contributed by atoms with Crippen molar-refractivity contribution in [2.75, 3.05) is 12.4 Å². The van der Waals surface area contributed by atoms with E-state index in [1.807, 2.05) is 38.1 Å². The van der Waals surface area contributed by atoms with Crippen molar-refractivity contribution < 1.29 is 14.3 Å². The van der Waals surface area contributed by atoms with Crippen LogP contribution in [0.2, 0.25) is 0 Å². The molecule has 18 heavy (non-hydrogen) atoms. The van der Waals surface area contributed by atoms with Gasteiger partial charge in [0.1, 0.15) is 11.3 Å². The van der Waals surface area contributed by atoms with Crippen LogP contribution in [0, 0.1) is 0 Å². The third-order valence-corrected chi connectivity index (χ3v) is 2.38. The van der Waals surface area contributed by atoms with Gasteiger partial charge < -0.3 is 14.8 Å². The minimum atomic E-state index is -0.755. The molecular formula is C14H21NO3. The van der Waals surface area contributed by atoms with Crippen LogP contribution in [-0.2, 0) is 9.53 Å². The highest BCUT2D eigenvalue weighted by atomic mass is 16.5. The maximum absolute atomic E-state index is 11.5. The molecule has 0 amide bonds. The highest BCUT2D eigenvalue weighted by Crippen LogP contribution is 2.20. The van der Waals surface area contributed by atoms with Gasteiger partial charge in [0.2, 0.25) is 0 Å². The smallest absolute Gasteiger partial charge is 0.330 e. The summed E-state index contributed by atoms with van der Waals surface area (Å²) in [7, 11) is 1.38. The van der Waals surface area contributed by atoms with Gasteiger partial charge in [-0.05, 0) is 52.0 Å². The zero-order valence-corrected chi connectivity index (χ0v) is 11.6. The molecular weight excluding hydrogens is 230 g/mol. The number of anilines is 1. The number of benzene rings is 1. The summed E-state index contributed by atoms with van der Waals surface area (Å²) in [6.07, 6.45) is 0.148. The van der Waals surface area contributed by atoms with Crippen molar-refractivity contribution in [3.8, 4) is 5.75 Å². The van der Waals surface area contributed by atoms with Crippen molar-refractivity contribution >= 4 is 11.7 Å². The number of carbonyl (C=O) groups excluding carboxylic acids is 1. The van der Waals surface area contributed by atoms with Crippen molar-refractivity contribution in [2.45, 2.75) is 39.3 Å². The molecule has 0 heterocycles. The lowest BCUT2D eigenvalue weighted by Crippen LogP contribution is -2.41. The van der Waals surface area contributed by atoms with Crippen LogP contribution in [0.25, 0.3) is 0 Å². The standard InChI is InChI=1S/C14H21NO3/c1-10(2)18-12-8-6-11(7-9-12)15-14(3,4)13(16)17-5/h6-10,15H,1-5H3. The minimum absolute atomic E-state index is 0.148. The van der Waals surface area contributed by atoms with E-state index in [1.54, 1.807) is 13.8 Å². The molecule has 0 aliphatic rings. The topological polar surface area (TPSA) is 47.6 Å². The summed E-state index contributed by atoms with van der Waals surface area (Å²) in [6.45, 7) is 7.51. The van der Waals surface area contributed by atoms with Gasteiger partial charge in [-0.2, -0.15) is 0 Å². The average Bonchev–Trinajstić information content (AvgIpc) is 2.29. The molecule has 0 spiro atoms. The van der Waals surface area contributed by atoms with Gasteiger partial charge in [0.25, 0.3) is 0 Å². The molecule has 1 N–H and O–H groups in total. The summed E-state index contributed by atoms with van der Waals surface area (Å²) in [5.74, 6) is 0.511. The predicted molar refractivity (Wildman–Crippen MR) is 71.9 cm³/mol. The first-order valence-corrected chi connectivity index (χ1v) is 5.98. The molecule has 0 saturated carbocycles. The van der Waals surface area contributed by atoms with Crippen LogP contribution in [0.4, 0.5) is 5.69 Å². The Balaban J connectivity index is 2.72. The molecule has 4 nitrogen and oxygen atoms in total. The number of hydrogen-bond acceptors (Lipinski definition) is 4. The van der Waals surface area contributed by atoms with Crippen LogP contribution in [0.1, 0.15) is 27.7 Å². The van der Waals surface area contributed by atoms with E-state index in [-0.39, 0.29) is 12.1 Å². The van der Waals surface area contributed by atoms with Gasteiger partial charge in [-0.3, -0.25) is 0 Å². The Kier molecular flexibility index (Phi) is 4.59. The molecule has 0 fully saturated rings. The summed E-state index contributed by atoms with van der Waals surface area (Å²) in [4.78, 5) is 11.5. The lowest BCUT2D eigenvalue weighted by atomic mass is 10.1. The van der Waals surface area contributed by atoms with E-state index in [0.717, 1.165) is 11.4 Å². The predicted octanol–water partition coefficient (Wildman–Crippen LogP) is 2.84. The molecule has 0 bridgehead atoms. The average molecular weight is 251 g/mol. The highest BCUT2D eigenvalue weighted by molar-refractivity contribution is 5.83. The second kappa shape index (κ2) is 5.76. The second-order valence-electron chi connectivity index (χ2n) is 4.93. The van der Waals surface area contributed by atoms with E-state index in [0.29, 0.717) is 0 Å². The molecule has 0 radical (unpaired) electrons. The summed E-state index contributed by atoms with van der Waals surface area (Å²) in [6, 6.07) is 7.50. The van der Waals surface area contributed by atoms with Gasteiger partial charge in [0.05, 0.1) is 13.2 Å². The van der Waals surface area contributed by atoms with Gasteiger partial charge in [0, 0.05) is 5.69 Å². The van der Waals surface area contributed by atoms with Crippen molar-refractivity contribution in [3.05, 3.63) is 24.3 Å². The van der Waals surface area contributed by atoms with Crippen molar-refractivity contribution in [1.29, 1.82) is 0 Å². The SMILES string of the molecule is COC(=O)C(C)(C)Nc1ccc(OC(C)C)cc1. The van der Waals surface area contributed by atoms with E-state index < -0.39 is 5.54 Å². The first-order chi connectivity index (χ1) is 8.35. The number of carbonyl (C=O) groups is 1. The summed E-state index contributed by atoms with van der Waals surface area (Å²) in [5, 5.41) is 3.12. The molecule has 1 aromatic carbocycles. The van der Waals surface area contributed by atoms with Gasteiger partial charge >= 0.3 is 5.97 Å². The Morgan fingerprint density at radius 2 is 1.78 bits per heavy atom. The summed E-state index contributed by atoms with van der Waals surface area (Å²) >= 11 is 0. The lowest BCUT2D eigenvalue weighted by molar-refractivity contribution is -0.144. The summed E-state index contributed by atoms with van der Waals surface area (Å²) < 4.78 is 10.3. The third kappa shape index (κ3) is 3.95. The van der Waals surface area contributed by atoms with Crippen LogP contribution in [0.5, 0.6) is 5.75 Å². The van der Waals surface area contributed by atoms with E-state index >= 15 is 0 Å². The largest absolute Gasteiger partial charge is 0.491 e. The Labute approximate surface area is 108 Å². The van der Waals surface area contributed by atoms with Crippen LogP contribution < -0.4 is 10.1 Å². The summed E-state index contributed by atoms with van der Waals surface area (Å²) in [5.41, 5.74) is 0.0938. The van der Waals surface area contributed by atoms with Crippen molar-refractivity contribution in [2.24, 2.45) is 0 Å². The molecule has 1 aromatic rings. The first kappa shape index (κ1) is 14.4. The fourth-order valence-electron chi connectivity index (χ4n) is 1.56. The third-order valence-electron chi connectivity index (χ3n) is 2.38. The molecule has 0 saturated heterocycles. The normalized spacial score (nSPS) is 11.2. The van der Waals surface area contributed by atoms with Crippen LogP contribution in [-0.4, -0.2) is 24.7 Å². The molecule has 100 valence electrons. The number of methoxy groups -OCH3 is 1. The number of rotatable bonds is 5. The Hall–Kier alpha value is -1.71. The van der Waals surface area contributed by atoms with Gasteiger partial charge in [-0.25, -0.2) is 4.79 Å². The van der Waals surface area contributed by atoms with Crippen LogP contribution in [0.3, 0.4) is 0 Å². The fourth-order valence-corrected chi connectivity index (χ4v) is 1.56. The molecule has 4 heteroatoms. The Bertz CT molecular complexity index is 396.